The predicted octanol–water partition coefficient (Wildman–Crippen LogP) is 3.60. The molecule has 1 fully saturated rings. The first kappa shape index (κ1) is 15.3. The maximum atomic E-state index is 5.70. The molecular formula is C17H26O3. The van der Waals surface area contributed by atoms with E-state index in [0.29, 0.717) is 0 Å². The van der Waals surface area contributed by atoms with Crippen LogP contribution in [0.4, 0.5) is 0 Å². The summed E-state index contributed by atoms with van der Waals surface area (Å²) >= 11 is 0. The number of hydrogen-bond acceptors (Lipinski definition) is 3. The lowest BCUT2D eigenvalue weighted by Gasteiger charge is -2.37. The number of benzene rings is 1. The lowest BCUT2D eigenvalue weighted by Crippen LogP contribution is -2.43. The largest absolute Gasteiger partial charge is 0.494 e. The Hall–Kier alpha value is -1.06. The second kappa shape index (κ2) is 7.65. The maximum absolute atomic E-state index is 5.70. The van der Waals surface area contributed by atoms with Crippen LogP contribution in [0.3, 0.4) is 0 Å². The Balaban J connectivity index is 1.42. The lowest BCUT2D eigenvalue weighted by molar-refractivity contribution is -0.137. The molecule has 0 aromatic heterocycles. The molecule has 0 bridgehead atoms. The van der Waals surface area contributed by atoms with Gasteiger partial charge in [-0.2, -0.15) is 0 Å². The van der Waals surface area contributed by atoms with Gasteiger partial charge in [-0.1, -0.05) is 24.6 Å². The van der Waals surface area contributed by atoms with E-state index in [1.54, 1.807) is 0 Å². The first-order valence-corrected chi connectivity index (χ1v) is 7.53. The van der Waals surface area contributed by atoms with E-state index in [1.807, 2.05) is 12.1 Å². The molecule has 0 atom stereocenters. The molecule has 112 valence electrons. The van der Waals surface area contributed by atoms with Gasteiger partial charge in [-0.15, -0.1) is 0 Å². The highest BCUT2D eigenvalue weighted by atomic mass is 16.5. The minimum Gasteiger partial charge on any atom is -0.494 e. The van der Waals surface area contributed by atoms with E-state index in [2.05, 4.69) is 26.0 Å². The minimum absolute atomic E-state index is 0.272. The number of ether oxygens (including phenoxy) is 3. The Morgan fingerprint density at radius 2 is 1.75 bits per heavy atom. The molecule has 0 amide bonds. The van der Waals surface area contributed by atoms with Crippen LogP contribution in [0, 0.1) is 12.3 Å². The van der Waals surface area contributed by atoms with Crippen molar-refractivity contribution in [3.63, 3.8) is 0 Å². The van der Waals surface area contributed by atoms with Crippen molar-refractivity contribution in [1.29, 1.82) is 0 Å². The molecule has 1 aromatic rings. The summed E-state index contributed by atoms with van der Waals surface area (Å²) in [6.45, 7) is 8.45. The van der Waals surface area contributed by atoms with E-state index >= 15 is 0 Å². The second-order valence-corrected chi connectivity index (χ2v) is 6.08. The zero-order valence-corrected chi connectivity index (χ0v) is 12.7. The van der Waals surface area contributed by atoms with Crippen molar-refractivity contribution in [1.82, 2.24) is 0 Å². The zero-order valence-electron chi connectivity index (χ0n) is 12.7. The van der Waals surface area contributed by atoms with Crippen LogP contribution in [0.2, 0.25) is 0 Å². The predicted molar refractivity (Wildman–Crippen MR) is 80.3 cm³/mol. The second-order valence-electron chi connectivity index (χ2n) is 6.08. The molecule has 0 saturated carbocycles. The van der Waals surface area contributed by atoms with Gasteiger partial charge < -0.3 is 14.2 Å². The van der Waals surface area contributed by atoms with Gasteiger partial charge in [0.25, 0.3) is 0 Å². The smallest absolute Gasteiger partial charge is 0.119 e. The molecule has 0 aliphatic carbocycles. The van der Waals surface area contributed by atoms with Crippen molar-refractivity contribution >= 4 is 0 Å². The molecule has 0 N–H and O–H groups in total. The Kier molecular flexibility index (Phi) is 5.86. The average molecular weight is 278 g/mol. The first-order valence-electron chi connectivity index (χ1n) is 7.53. The molecule has 3 nitrogen and oxygen atoms in total. The minimum atomic E-state index is 0.272. The Labute approximate surface area is 122 Å². The van der Waals surface area contributed by atoms with Gasteiger partial charge in [0.1, 0.15) is 5.75 Å². The first-order chi connectivity index (χ1) is 9.68. The number of hydrogen-bond donors (Lipinski definition) is 0. The maximum Gasteiger partial charge on any atom is 0.119 e. The zero-order chi connectivity index (χ0) is 14.3. The van der Waals surface area contributed by atoms with Crippen LogP contribution in [-0.2, 0) is 9.47 Å². The third kappa shape index (κ3) is 5.14. The van der Waals surface area contributed by atoms with Crippen molar-refractivity contribution in [3.8, 4) is 5.75 Å². The summed E-state index contributed by atoms with van der Waals surface area (Å²) in [5, 5.41) is 0. The number of aryl methyl sites for hydroxylation is 1. The summed E-state index contributed by atoms with van der Waals surface area (Å²) in [7, 11) is 0. The SMILES string of the molecule is Cc1ccc(OCCCCCOCC2(C)COC2)cc1. The van der Waals surface area contributed by atoms with E-state index in [-0.39, 0.29) is 5.41 Å². The van der Waals surface area contributed by atoms with Gasteiger partial charge >= 0.3 is 0 Å². The Bertz CT molecular complexity index is 382. The normalized spacial score (nSPS) is 16.7. The average Bonchev–Trinajstić information content (AvgIpc) is 2.42. The summed E-state index contributed by atoms with van der Waals surface area (Å²) in [6.07, 6.45) is 3.34. The van der Waals surface area contributed by atoms with Crippen LogP contribution < -0.4 is 4.74 Å². The summed E-state index contributed by atoms with van der Waals surface area (Å²) in [5.74, 6) is 0.963. The fourth-order valence-corrected chi connectivity index (χ4v) is 2.16. The van der Waals surface area contributed by atoms with Crippen LogP contribution in [-0.4, -0.2) is 33.0 Å². The van der Waals surface area contributed by atoms with Crippen molar-refractivity contribution in [2.24, 2.45) is 5.41 Å². The Morgan fingerprint density at radius 3 is 2.40 bits per heavy atom. The van der Waals surface area contributed by atoms with Gasteiger partial charge in [-0.25, -0.2) is 0 Å². The fourth-order valence-electron chi connectivity index (χ4n) is 2.16. The molecule has 2 rings (SSSR count). The fraction of sp³-hybridized carbons (Fsp3) is 0.647. The molecule has 1 heterocycles. The van der Waals surface area contributed by atoms with Gasteiger partial charge in [-0.05, 0) is 38.3 Å². The van der Waals surface area contributed by atoms with E-state index in [4.69, 9.17) is 14.2 Å². The van der Waals surface area contributed by atoms with E-state index in [9.17, 15) is 0 Å². The van der Waals surface area contributed by atoms with E-state index < -0.39 is 0 Å². The summed E-state index contributed by atoms with van der Waals surface area (Å²) < 4.78 is 16.6. The lowest BCUT2D eigenvalue weighted by atomic mass is 9.90. The van der Waals surface area contributed by atoms with Gasteiger partial charge in [0.2, 0.25) is 0 Å². The Morgan fingerprint density at radius 1 is 1.05 bits per heavy atom. The molecule has 0 spiro atoms. The summed E-state index contributed by atoms with van der Waals surface area (Å²) in [5.41, 5.74) is 1.54. The van der Waals surface area contributed by atoms with Crippen molar-refractivity contribution in [2.75, 3.05) is 33.0 Å². The van der Waals surface area contributed by atoms with Gasteiger partial charge in [0.05, 0.1) is 26.4 Å². The van der Waals surface area contributed by atoms with Crippen molar-refractivity contribution < 1.29 is 14.2 Å². The molecule has 0 unspecified atom stereocenters. The van der Waals surface area contributed by atoms with Crippen LogP contribution >= 0.6 is 0 Å². The highest BCUT2D eigenvalue weighted by Crippen LogP contribution is 2.26. The van der Waals surface area contributed by atoms with Gasteiger partial charge in [0.15, 0.2) is 0 Å². The molecule has 20 heavy (non-hydrogen) atoms. The van der Waals surface area contributed by atoms with Gasteiger partial charge in [0, 0.05) is 12.0 Å². The quantitative estimate of drug-likeness (QED) is 0.646. The third-order valence-electron chi connectivity index (χ3n) is 3.57. The molecule has 1 aliphatic rings. The molecule has 1 aliphatic heterocycles. The van der Waals surface area contributed by atoms with E-state index in [1.165, 1.54) is 5.56 Å². The van der Waals surface area contributed by atoms with Crippen LogP contribution in [0.15, 0.2) is 24.3 Å². The van der Waals surface area contributed by atoms with Crippen molar-refractivity contribution in [3.05, 3.63) is 29.8 Å². The molecule has 1 saturated heterocycles. The molecule has 0 radical (unpaired) electrons. The molecular weight excluding hydrogens is 252 g/mol. The van der Waals surface area contributed by atoms with Crippen molar-refractivity contribution in [2.45, 2.75) is 33.1 Å². The van der Waals surface area contributed by atoms with Gasteiger partial charge in [-0.3, -0.25) is 0 Å². The standard InChI is InChI=1S/C17H26O3/c1-15-6-8-16(9-7-15)20-11-5-3-4-10-18-12-17(2)13-19-14-17/h6-9H,3-5,10-14H2,1-2H3. The number of unbranched alkanes of at least 4 members (excludes halogenated alkanes) is 2. The van der Waals surface area contributed by atoms with Crippen LogP contribution in [0.25, 0.3) is 0 Å². The molecule has 1 aromatic carbocycles. The summed E-state index contributed by atoms with van der Waals surface area (Å²) in [6, 6.07) is 8.21. The van der Waals surface area contributed by atoms with E-state index in [0.717, 1.165) is 58.0 Å². The van der Waals surface area contributed by atoms with Crippen LogP contribution in [0.5, 0.6) is 5.75 Å². The summed E-state index contributed by atoms with van der Waals surface area (Å²) in [4.78, 5) is 0. The highest BCUT2D eigenvalue weighted by Gasteiger charge is 2.33. The molecule has 3 heteroatoms. The van der Waals surface area contributed by atoms with Crippen LogP contribution in [0.1, 0.15) is 31.7 Å². The number of rotatable bonds is 9. The topological polar surface area (TPSA) is 27.7 Å². The highest BCUT2D eigenvalue weighted by molar-refractivity contribution is 5.26. The third-order valence-corrected chi connectivity index (χ3v) is 3.57. The monoisotopic (exact) mass is 278 g/mol.